The number of nitro benzene ring substituents is 1. The van der Waals surface area contributed by atoms with Gasteiger partial charge in [0.1, 0.15) is 0 Å². The maximum Gasteiger partial charge on any atom is 0.309 e. The molecule has 2 amide bonds. The Morgan fingerprint density at radius 3 is 2.53 bits per heavy atom. The lowest BCUT2D eigenvalue weighted by atomic mass is 9.34. The molecule has 1 N–H and O–H groups in total. The van der Waals surface area contributed by atoms with Gasteiger partial charge in [-0.2, -0.15) is 0 Å². The van der Waals surface area contributed by atoms with Crippen LogP contribution in [0.5, 0.6) is 0 Å². The standard InChI is InChI=1S/C30H36N2O6/c1-16(2)20-15-30-12-9-21-28(3,10-6-11-29(21,4)27(35)36)22(30)14-19(20)23-24(30)26(34)31(25(23)33)17-7-5-8-18(13-17)32(37)38/h5,7-8,13,15-16,19,21-24H,6,9-12,14H2,1-4H3,(H,35,36)/t19-,21-,22-,23+,24-,28-,29+,30+/m0/s1. The number of allylic oxidation sites excluding steroid dienone is 2. The average Bonchev–Trinajstić information content (AvgIpc) is 3.15. The highest BCUT2D eigenvalue weighted by molar-refractivity contribution is 6.23. The van der Waals surface area contributed by atoms with Crippen LogP contribution in [0.15, 0.2) is 35.9 Å². The van der Waals surface area contributed by atoms with Crippen LogP contribution in [-0.2, 0) is 14.4 Å². The third-order valence-electron chi connectivity index (χ3n) is 11.5. The predicted octanol–water partition coefficient (Wildman–Crippen LogP) is 5.61. The number of carboxylic acids is 1. The Morgan fingerprint density at radius 2 is 1.87 bits per heavy atom. The molecular formula is C30H36N2O6. The Balaban J connectivity index is 1.48. The normalized spacial score (nSPS) is 41.4. The minimum Gasteiger partial charge on any atom is -0.481 e. The van der Waals surface area contributed by atoms with Crippen molar-refractivity contribution in [2.45, 2.75) is 66.2 Å². The predicted molar refractivity (Wildman–Crippen MR) is 140 cm³/mol. The monoisotopic (exact) mass is 520 g/mol. The highest BCUT2D eigenvalue weighted by Crippen LogP contribution is 2.74. The van der Waals surface area contributed by atoms with Gasteiger partial charge in [0.2, 0.25) is 11.8 Å². The maximum atomic E-state index is 14.3. The first kappa shape index (κ1) is 25.3. The fourth-order valence-corrected chi connectivity index (χ4v) is 9.96. The quantitative estimate of drug-likeness (QED) is 0.239. The van der Waals surface area contributed by atoms with Gasteiger partial charge in [-0.3, -0.25) is 24.5 Å². The van der Waals surface area contributed by atoms with E-state index in [1.165, 1.54) is 28.7 Å². The number of carbonyl (C=O) groups is 3. The van der Waals surface area contributed by atoms with Gasteiger partial charge in [-0.1, -0.05) is 44.9 Å². The molecule has 4 fully saturated rings. The molecule has 7 rings (SSSR count). The summed E-state index contributed by atoms with van der Waals surface area (Å²) < 4.78 is 0. The Labute approximate surface area is 222 Å². The van der Waals surface area contributed by atoms with Crippen LogP contribution in [0.4, 0.5) is 11.4 Å². The number of rotatable bonds is 4. The number of amides is 2. The molecule has 2 bridgehead atoms. The second-order valence-corrected chi connectivity index (χ2v) is 13.3. The van der Waals surface area contributed by atoms with Gasteiger partial charge < -0.3 is 5.11 Å². The molecule has 1 aromatic carbocycles. The minimum absolute atomic E-state index is 0.0191. The number of carboxylic acid groups (broad SMARTS) is 1. The Bertz CT molecular complexity index is 1300. The van der Waals surface area contributed by atoms with Gasteiger partial charge in [0.25, 0.3) is 5.69 Å². The van der Waals surface area contributed by atoms with Crippen LogP contribution in [0.1, 0.15) is 66.2 Å². The number of hydrogen-bond acceptors (Lipinski definition) is 5. The number of fused-ring (bicyclic) bond motifs is 1. The lowest BCUT2D eigenvalue weighted by Gasteiger charge is -2.68. The van der Waals surface area contributed by atoms with E-state index in [0.717, 1.165) is 19.3 Å². The van der Waals surface area contributed by atoms with E-state index in [1.54, 1.807) is 6.07 Å². The fourth-order valence-electron chi connectivity index (χ4n) is 9.96. The second kappa shape index (κ2) is 7.99. The van der Waals surface area contributed by atoms with E-state index in [2.05, 4.69) is 26.8 Å². The summed E-state index contributed by atoms with van der Waals surface area (Å²) in [4.78, 5) is 53.0. The molecule has 1 spiro atoms. The van der Waals surface area contributed by atoms with Crippen LogP contribution in [0, 0.1) is 61.9 Å². The molecule has 1 saturated heterocycles. The molecule has 0 aromatic heterocycles. The van der Waals surface area contributed by atoms with Crippen LogP contribution in [0.25, 0.3) is 0 Å². The number of imide groups is 1. The molecule has 1 aromatic rings. The zero-order valence-corrected chi connectivity index (χ0v) is 22.5. The zero-order valence-electron chi connectivity index (χ0n) is 22.5. The van der Waals surface area contributed by atoms with E-state index in [4.69, 9.17) is 0 Å². The molecule has 6 aliphatic rings. The molecule has 8 nitrogen and oxygen atoms in total. The van der Waals surface area contributed by atoms with Crippen molar-refractivity contribution in [2.75, 3.05) is 4.90 Å². The van der Waals surface area contributed by atoms with Crippen LogP contribution in [0.3, 0.4) is 0 Å². The molecule has 5 aliphatic carbocycles. The SMILES string of the molecule is CC(C)C1=C[C@]23CC[C@H]4[C@](C)(CCC[C@@]4(C)C(=O)O)[C@@H]2C[C@@H]1[C@H]1C(=O)N(c2cccc([N+](=O)[O-])c2)C(=O)[C@H]13. The number of nitro groups is 1. The zero-order chi connectivity index (χ0) is 27.4. The molecular weight excluding hydrogens is 484 g/mol. The number of non-ortho nitro benzene ring substituents is 1. The van der Waals surface area contributed by atoms with Gasteiger partial charge in [-0.05, 0) is 74.2 Å². The third kappa shape index (κ3) is 3.00. The molecule has 1 heterocycles. The summed E-state index contributed by atoms with van der Waals surface area (Å²) in [5, 5.41) is 21.7. The van der Waals surface area contributed by atoms with Crippen molar-refractivity contribution < 1.29 is 24.4 Å². The largest absolute Gasteiger partial charge is 0.481 e. The molecule has 8 atom stereocenters. The fraction of sp³-hybridized carbons (Fsp3) is 0.633. The second-order valence-electron chi connectivity index (χ2n) is 13.3. The van der Waals surface area contributed by atoms with Crippen molar-refractivity contribution in [3.8, 4) is 0 Å². The Kier molecular flexibility index (Phi) is 5.31. The van der Waals surface area contributed by atoms with E-state index in [9.17, 15) is 29.6 Å². The van der Waals surface area contributed by atoms with Crippen molar-refractivity contribution in [2.24, 2.45) is 51.8 Å². The van der Waals surface area contributed by atoms with Crippen molar-refractivity contribution in [1.82, 2.24) is 0 Å². The topological polar surface area (TPSA) is 118 Å². The number of anilines is 1. The minimum atomic E-state index is -0.792. The highest BCUT2D eigenvalue weighted by Gasteiger charge is 2.73. The van der Waals surface area contributed by atoms with Gasteiger partial charge in [-0.15, -0.1) is 0 Å². The van der Waals surface area contributed by atoms with E-state index in [0.29, 0.717) is 19.3 Å². The van der Waals surface area contributed by atoms with Crippen LogP contribution < -0.4 is 4.90 Å². The highest BCUT2D eigenvalue weighted by atomic mass is 16.6. The van der Waals surface area contributed by atoms with Crippen molar-refractivity contribution in [3.05, 3.63) is 46.0 Å². The first-order chi connectivity index (χ1) is 17.9. The molecule has 1 aliphatic heterocycles. The van der Waals surface area contributed by atoms with E-state index >= 15 is 0 Å². The molecule has 0 radical (unpaired) electrons. The van der Waals surface area contributed by atoms with E-state index in [-0.39, 0.29) is 52.3 Å². The number of nitrogens with zero attached hydrogens (tertiary/aromatic N) is 2. The summed E-state index contributed by atoms with van der Waals surface area (Å²) in [6, 6.07) is 5.80. The first-order valence-electron chi connectivity index (χ1n) is 13.9. The van der Waals surface area contributed by atoms with Crippen LogP contribution >= 0.6 is 0 Å². The summed E-state index contributed by atoms with van der Waals surface area (Å²) in [6.07, 6.45) is 6.97. The van der Waals surface area contributed by atoms with Gasteiger partial charge in [-0.25, -0.2) is 4.90 Å². The number of aliphatic carboxylic acids is 1. The van der Waals surface area contributed by atoms with Crippen molar-refractivity contribution in [1.29, 1.82) is 0 Å². The van der Waals surface area contributed by atoms with Crippen molar-refractivity contribution >= 4 is 29.2 Å². The van der Waals surface area contributed by atoms with Gasteiger partial charge in [0, 0.05) is 17.5 Å². The smallest absolute Gasteiger partial charge is 0.309 e. The summed E-state index contributed by atoms with van der Waals surface area (Å²) in [6.45, 7) is 8.44. The van der Waals surface area contributed by atoms with Gasteiger partial charge in [0.15, 0.2) is 0 Å². The van der Waals surface area contributed by atoms with E-state index in [1.807, 2.05) is 6.92 Å². The first-order valence-corrected chi connectivity index (χ1v) is 13.9. The molecule has 202 valence electrons. The Morgan fingerprint density at radius 1 is 1.13 bits per heavy atom. The number of benzene rings is 1. The number of carbonyl (C=O) groups excluding carboxylic acids is 2. The average molecular weight is 521 g/mol. The van der Waals surface area contributed by atoms with Crippen LogP contribution in [-0.4, -0.2) is 27.8 Å². The maximum absolute atomic E-state index is 14.3. The van der Waals surface area contributed by atoms with Gasteiger partial charge in [0.05, 0.1) is 27.9 Å². The summed E-state index contributed by atoms with van der Waals surface area (Å²) in [5.74, 6) is -1.95. The summed E-state index contributed by atoms with van der Waals surface area (Å²) in [7, 11) is 0. The summed E-state index contributed by atoms with van der Waals surface area (Å²) >= 11 is 0. The van der Waals surface area contributed by atoms with Crippen molar-refractivity contribution in [3.63, 3.8) is 0 Å². The van der Waals surface area contributed by atoms with Crippen LogP contribution in [0.2, 0.25) is 0 Å². The van der Waals surface area contributed by atoms with E-state index < -0.39 is 33.6 Å². The third-order valence-corrected chi connectivity index (χ3v) is 11.5. The lowest BCUT2D eigenvalue weighted by Crippen LogP contribution is -2.65. The lowest BCUT2D eigenvalue weighted by molar-refractivity contribution is -0.384. The molecule has 0 unspecified atom stereocenters. The molecule has 38 heavy (non-hydrogen) atoms. The Hall–Kier alpha value is -3.03. The molecule has 3 saturated carbocycles. The summed E-state index contributed by atoms with van der Waals surface area (Å²) in [5.41, 5.74) is -0.195. The number of hydrogen-bond donors (Lipinski definition) is 1. The van der Waals surface area contributed by atoms with Gasteiger partial charge >= 0.3 is 5.97 Å². The molecule has 8 heteroatoms.